The molecule has 1 aliphatic carbocycles. The number of carbonyl (C=O) groups excluding carboxylic acids is 1. The normalized spacial score (nSPS) is 15.7. The van der Waals surface area contributed by atoms with Crippen molar-refractivity contribution in [2.45, 2.75) is 51.1 Å². The monoisotopic (exact) mass is 331 g/mol. The number of thiophene rings is 1. The average molecular weight is 331 g/mol. The second-order valence-corrected chi connectivity index (χ2v) is 7.41. The Morgan fingerprint density at radius 1 is 1.30 bits per heavy atom. The number of hydrogen-bond donors (Lipinski definition) is 1. The molecule has 5 nitrogen and oxygen atoms in total. The van der Waals surface area contributed by atoms with Gasteiger partial charge < -0.3 is 5.32 Å². The van der Waals surface area contributed by atoms with E-state index >= 15 is 0 Å². The van der Waals surface area contributed by atoms with Crippen LogP contribution >= 0.6 is 11.3 Å². The zero-order valence-electron chi connectivity index (χ0n) is 13.4. The van der Waals surface area contributed by atoms with Gasteiger partial charge in [0.2, 0.25) is 5.91 Å². The molecular formula is C17H21N3O2S. The topological polar surface area (TPSA) is 64.0 Å². The molecule has 0 spiro atoms. The van der Waals surface area contributed by atoms with Crippen LogP contribution in [0.4, 0.5) is 0 Å². The van der Waals surface area contributed by atoms with Crippen LogP contribution in [0.5, 0.6) is 0 Å². The molecule has 23 heavy (non-hydrogen) atoms. The summed E-state index contributed by atoms with van der Waals surface area (Å²) >= 11 is 1.56. The lowest BCUT2D eigenvalue weighted by atomic mass is 10.0. The summed E-state index contributed by atoms with van der Waals surface area (Å²) in [6.07, 6.45) is 4.33. The number of amides is 1. The zero-order valence-corrected chi connectivity index (χ0v) is 14.2. The second-order valence-electron chi connectivity index (χ2n) is 6.46. The lowest BCUT2D eigenvalue weighted by molar-refractivity contribution is -0.129. The minimum Gasteiger partial charge on any atom is -0.351 e. The van der Waals surface area contributed by atoms with E-state index in [1.165, 1.54) is 10.7 Å². The number of carbonyl (C=O) groups is 1. The highest BCUT2D eigenvalue weighted by atomic mass is 32.1. The summed E-state index contributed by atoms with van der Waals surface area (Å²) in [7, 11) is 0. The molecule has 2 aromatic heterocycles. The number of nitrogens with zero attached hydrogens (tertiary/aromatic N) is 2. The van der Waals surface area contributed by atoms with Gasteiger partial charge in [-0.2, -0.15) is 5.10 Å². The fourth-order valence-corrected chi connectivity index (χ4v) is 3.59. The molecule has 1 saturated carbocycles. The van der Waals surface area contributed by atoms with E-state index in [9.17, 15) is 9.59 Å². The molecule has 0 aliphatic heterocycles. The van der Waals surface area contributed by atoms with Gasteiger partial charge in [0.05, 0.1) is 4.88 Å². The maximum absolute atomic E-state index is 12.7. The van der Waals surface area contributed by atoms with Crippen LogP contribution in [-0.4, -0.2) is 21.7 Å². The Bertz CT molecular complexity index is 743. The summed E-state index contributed by atoms with van der Waals surface area (Å²) in [4.78, 5) is 25.9. The summed E-state index contributed by atoms with van der Waals surface area (Å²) in [6, 6.07) is 7.29. The van der Waals surface area contributed by atoms with Crippen LogP contribution in [-0.2, 0) is 10.3 Å². The van der Waals surface area contributed by atoms with Gasteiger partial charge in [-0.25, -0.2) is 4.68 Å². The molecule has 2 heterocycles. The summed E-state index contributed by atoms with van der Waals surface area (Å²) in [5.41, 5.74) is -0.578. The molecule has 2 aromatic rings. The van der Waals surface area contributed by atoms with Crippen LogP contribution in [0.2, 0.25) is 0 Å². The first-order valence-corrected chi connectivity index (χ1v) is 8.82. The van der Waals surface area contributed by atoms with Crippen LogP contribution < -0.4 is 10.9 Å². The summed E-state index contributed by atoms with van der Waals surface area (Å²) in [5.74, 6) is -0.151. The van der Waals surface area contributed by atoms with Crippen molar-refractivity contribution in [2.24, 2.45) is 0 Å². The maximum atomic E-state index is 12.7. The molecule has 0 unspecified atom stereocenters. The van der Waals surface area contributed by atoms with E-state index in [0.717, 1.165) is 30.6 Å². The molecule has 1 N–H and O–H groups in total. The molecule has 0 atom stereocenters. The third-order valence-electron chi connectivity index (χ3n) is 4.35. The average Bonchev–Trinajstić information content (AvgIpc) is 3.20. The first-order valence-electron chi connectivity index (χ1n) is 7.94. The van der Waals surface area contributed by atoms with Crippen LogP contribution in [0.25, 0.3) is 10.6 Å². The van der Waals surface area contributed by atoms with Crippen molar-refractivity contribution >= 4 is 17.2 Å². The van der Waals surface area contributed by atoms with Gasteiger partial charge in [-0.15, -0.1) is 11.3 Å². The lowest BCUT2D eigenvalue weighted by Crippen LogP contribution is -2.51. The Morgan fingerprint density at radius 2 is 2.04 bits per heavy atom. The minimum absolute atomic E-state index is 0.151. The second kappa shape index (κ2) is 6.28. The Morgan fingerprint density at radius 3 is 2.70 bits per heavy atom. The van der Waals surface area contributed by atoms with Gasteiger partial charge in [0.1, 0.15) is 11.2 Å². The number of aromatic nitrogens is 2. The summed E-state index contributed by atoms with van der Waals surface area (Å²) < 4.78 is 1.30. The van der Waals surface area contributed by atoms with Gasteiger partial charge in [0.25, 0.3) is 5.56 Å². The van der Waals surface area contributed by atoms with Crippen molar-refractivity contribution in [1.29, 1.82) is 0 Å². The van der Waals surface area contributed by atoms with E-state index < -0.39 is 5.54 Å². The molecule has 6 heteroatoms. The molecule has 1 aliphatic rings. The maximum Gasteiger partial charge on any atom is 0.267 e. The Labute approximate surface area is 139 Å². The highest BCUT2D eigenvalue weighted by Crippen LogP contribution is 2.23. The fourth-order valence-electron chi connectivity index (χ4n) is 2.90. The fraction of sp³-hybridized carbons (Fsp3) is 0.471. The molecule has 0 saturated heterocycles. The Hall–Kier alpha value is -1.95. The molecule has 1 amide bonds. The smallest absolute Gasteiger partial charge is 0.267 e. The van der Waals surface area contributed by atoms with E-state index in [4.69, 9.17) is 0 Å². The van der Waals surface area contributed by atoms with Crippen molar-refractivity contribution in [1.82, 2.24) is 15.1 Å². The van der Waals surface area contributed by atoms with E-state index in [-0.39, 0.29) is 17.5 Å². The van der Waals surface area contributed by atoms with Crippen molar-refractivity contribution < 1.29 is 4.79 Å². The minimum atomic E-state index is -1.02. The van der Waals surface area contributed by atoms with E-state index in [1.807, 2.05) is 17.5 Å². The Balaban J connectivity index is 1.90. The Kier molecular flexibility index (Phi) is 4.35. The molecule has 3 rings (SSSR count). The number of nitrogens with one attached hydrogen (secondary N) is 1. The lowest BCUT2D eigenvalue weighted by Gasteiger charge is -2.27. The summed E-state index contributed by atoms with van der Waals surface area (Å²) in [6.45, 7) is 3.48. The van der Waals surface area contributed by atoms with Gasteiger partial charge in [-0.1, -0.05) is 18.9 Å². The van der Waals surface area contributed by atoms with Crippen LogP contribution in [0.1, 0.15) is 39.5 Å². The quantitative estimate of drug-likeness (QED) is 0.937. The highest BCUT2D eigenvalue weighted by Gasteiger charge is 2.34. The molecule has 0 bridgehead atoms. The predicted octanol–water partition coefficient (Wildman–Crippen LogP) is 2.77. The largest absolute Gasteiger partial charge is 0.351 e. The van der Waals surface area contributed by atoms with Gasteiger partial charge in [0, 0.05) is 12.1 Å². The first kappa shape index (κ1) is 15.9. The van der Waals surface area contributed by atoms with Crippen molar-refractivity contribution in [3.63, 3.8) is 0 Å². The molecule has 0 radical (unpaired) electrons. The van der Waals surface area contributed by atoms with Crippen molar-refractivity contribution in [2.75, 3.05) is 0 Å². The zero-order chi connectivity index (χ0) is 16.4. The van der Waals surface area contributed by atoms with Crippen molar-refractivity contribution in [3.05, 3.63) is 40.0 Å². The van der Waals surface area contributed by atoms with Crippen LogP contribution in [0.15, 0.2) is 34.4 Å². The van der Waals surface area contributed by atoms with Gasteiger partial charge in [-0.05, 0) is 44.2 Å². The molecule has 1 fully saturated rings. The first-order chi connectivity index (χ1) is 11.0. The van der Waals surface area contributed by atoms with Gasteiger partial charge in [0.15, 0.2) is 0 Å². The highest BCUT2D eigenvalue weighted by molar-refractivity contribution is 7.13. The SMILES string of the molecule is CC(C)(C(=O)NC1CCCC1)n1nc(-c2cccs2)ccc1=O. The van der Waals surface area contributed by atoms with Crippen LogP contribution in [0.3, 0.4) is 0 Å². The van der Waals surface area contributed by atoms with Crippen LogP contribution in [0, 0.1) is 0 Å². The standard InChI is InChI=1S/C17H21N3O2S/c1-17(2,16(22)18-12-6-3-4-7-12)20-15(21)10-9-13(19-20)14-8-5-11-23-14/h5,8-12H,3-4,6-7H2,1-2H3,(H,18,22). The third kappa shape index (κ3) is 3.22. The number of hydrogen-bond acceptors (Lipinski definition) is 4. The summed E-state index contributed by atoms with van der Waals surface area (Å²) in [5, 5.41) is 9.46. The van der Waals surface area contributed by atoms with E-state index in [1.54, 1.807) is 31.3 Å². The van der Waals surface area contributed by atoms with Crippen molar-refractivity contribution in [3.8, 4) is 10.6 Å². The van der Waals surface area contributed by atoms with E-state index in [2.05, 4.69) is 10.4 Å². The predicted molar refractivity (Wildman–Crippen MR) is 91.5 cm³/mol. The molecule has 122 valence electrons. The molecular weight excluding hydrogens is 310 g/mol. The van der Waals surface area contributed by atoms with Gasteiger partial charge >= 0.3 is 0 Å². The molecule has 0 aromatic carbocycles. The third-order valence-corrected chi connectivity index (χ3v) is 5.24. The number of rotatable bonds is 4. The van der Waals surface area contributed by atoms with Gasteiger partial charge in [-0.3, -0.25) is 9.59 Å². The van der Waals surface area contributed by atoms with E-state index in [0.29, 0.717) is 5.69 Å².